The fourth-order valence-electron chi connectivity index (χ4n) is 4.09. The average molecular weight is 537 g/mol. The van der Waals surface area contributed by atoms with Gasteiger partial charge in [-0.3, -0.25) is 4.79 Å². The van der Waals surface area contributed by atoms with Gasteiger partial charge in [-0.2, -0.15) is 0 Å². The number of rotatable bonds is 14. The van der Waals surface area contributed by atoms with Crippen molar-refractivity contribution in [3.8, 4) is 0 Å². The maximum absolute atomic E-state index is 14.0. The highest BCUT2D eigenvalue weighted by molar-refractivity contribution is 7.90. The highest BCUT2D eigenvalue weighted by Crippen LogP contribution is 2.30. The second-order valence-electron chi connectivity index (χ2n) is 9.03. The molecule has 0 saturated carbocycles. The van der Waals surface area contributed by atoms with Crippen LogP contribution in [0.2, 0.25) is 0 Å². The molecule has 0 aromatic heterocycles. The molecular weight excluding hydrogens is 502 g/mol. The minimum absolute atomic E-state index is 0.0207. The van der Waals surface area contributed by atoms with Gasteiger partial charge >= 0.3 is 11.9 Å². The molecule has 9 heteroatoms. The largest absolute Gasteiger partial charge is 0.478 e. The van der Waals surface area contributed by atoms with Crippen molar-refractivity contribution in [3.63, 3.8) is 0 Å². The van der Waals surface area contributed by atoms with Crippen LogP contribution in [0.15, 0.2) is 47.4 Å². The number of carbonyl (C=O) groups excluding carboxylic acids is 1. The molecule has 2 rings (SSSR count). The summed E-state index contributed by atoms with van der Waals surface area (Å²) >= 11 is 0. The minimum atomic E-state index is -3.51. The Morgan fingerprint density at radius 3 is 2.08 bits per heavy atom. The van der Waals surface area contributed by atoms with Crippen molar-refractivity contribution in [2.24, 2.45) is 5.92 Å². The highest BCUT2D eigenvalue weighted by Gasteiger charge is 2.24. The standard InChI is InChI=1S/C28H34F2O6S/c1-4-6-7-8-10-20(9-5-2)28(33)36-18-23(19-11-14-22(15-12-19)37(3,34)35)26(27(31)32)21-13-16-24(29)25(30)17-21/h11-17,20H,4-10,18H2,1-3H3,(H,31,32)/b26-23+/t20-/m1/s1. The van der Waals surface area contributed by atoms with Gasteiger partial charge in [0.1, 0.15) is 6.61 Å². The van der Waals surface area contributed by atoms with E-state index in [0.29, 0.717) is 12.8 Å². The van der Waals surface area contributed by atoms with E-state index >= 15 is 0 Å². The monoisotopic (exact) mass is 536 g/mol. The Kier molecular flexibility index (Phi) is 11.4. The Balaban J connectivity index is 2.49. The van der Waals surface area contributed by atoms with Gasteiger partial charge in [0, 0.05) is 11.8 Å². The van der Waals surface area contributed by atoms with E-state index in [1.165, 1.54) is 24.3 Å². The topological polar surface area (TPSA) is 97.7 Å². The van der Waals surface area contributed by atoms with Crippen molar-refractivity contribution < 1.29 is 36.6 Å². The van der Waals surface area contributed by atoms with Crippen LogP contribution >= 0.6 is 0 Å². The quantitative estimate of drug-likeness (QED) is 0.132. The molecule has 1 N–H and O–H groups in total. The molecule has 202 valence electrons. The Morgan fingerprint density at radius 2 is 1.54 bits per heavy atom. The van der Waals surface area contributed by atoms with Crippen LogP contribution in [0.25, 0.3) is 11.1 Å². The van der Waals surface area contributed by atoms with E-state index in [1.54, 1.807) is 0 Å². The van der Waals surface area contributed by atoms with E-state index in [0.717, 1.165) is 56.6 Å². The zero-order valence-electron chi connectivity index (χ0n) is 21.4. The van der Waals surface area contributed by atoms with Crippen molar-refractivity contribution in [1.82, 2.24) is 0 Å². The molecule has 0 amide bonds. The average Bonchev–Trinajstić information content (AvgIpc) is 2.84. The molecular formula is C28H34F2O6S. The molecule has 0 radical (unpaired) electrons. The Bertz CT molecular complexity index is 1220. The summed E-state index contributed by atoms with van der Waals surface area (Å²) in [6.45, 7) is 3.63. The zero-order chi connectivity index (χ0) is 27.6. The van der Waals surface area contributed by atoms with E-state index in [9.17, 15) is 31.9 Å². The first-order valence-electron chi connectivity index (χ1n) is 12.4. The summed E-state index contributed by atoms with van der Waals surface area (Å²) in [5.74, 6) is -4.60. The van der Waals surface area contributed by atoms with Crippen LogP contribution < -0.4 is 0 Å². The smallest absolute Gasteiger partial charge is 0.336 e. The molecule has 2 aromatic rings. The van der Waals surface area contributed by atoms with Crippen molar-refractivity contribution in [2.75, 3.05) is 12.9 Å². The van der Waals surface area contributed by atoms with Gasteiger partial charge in [0.15, 0.2) is 21.5 Å². The number of sulfone groups is 1. The van der Waals surface area contributed by atoms with Crippen LogP contribution in [-0.4, -0.2) is 38.3 Å². The number of carboxylic acids is 1. The number of carboxylic acid groups (broad SMARTS) is 1. The van der Waals surface area contributed by atoms with E-state index in [4.69, 9.17) is 4.74 Å². The Labute approximate surface area is 217 Å². The molecule has 0 fully saturated rings. The molecule has 0 aliphatic rings. The van der Waals surface area contributed by atoms with E-state index in [-0.39, 0.29) is 33.1 Å². The predicted octanol–water partition coefficient (Wildman–Crippen LogP) is 6.29. The lowest BCUT2D eigenvalue weighted by Crippen LogP contribution is -2.20. The van der Waals surface area contributed by atoms with Crippen LogP contribution in [0.4, 0.5) is 8.78 Å². The minimum Gasteiger partial charge on any atom is -0.478 e. The van der Waals surface area contributed by atoms with E-state index in [1.807, 2.05) is 6.92 Å². The van der Waals surface area contributed by atoms with Crippen LogP contribution in [0.5, 0.6) is 0 Å². The lowest BCUT2D eigenvalue weighted by atomic mass is 9.94. The first-order chi connectivity index (χ1) is 17.5. The third-order valence-corrected chi connectivity index (χ3v) is 7.22. The molecule has 0 saturated heterocycles. The van der Waals surface area contributed by atoms with Crippen LogP contribution in [0, 0.1) is 17.6 Å². The molecule has 2 aromatic carbocycles. The molecule has 1 atom stereocenters. The van der Waals surface area contributed by atoms with Crippen molar-refractivity contribution in [1.29, 1.82) is 0 Å². The van der Waals surface area contributed by atoms with Gasteiger partial charge in [-0.1, -0.05) is 64.2 Å². The Hall–Kier alpha value is -3.07. The maximum atomic E-state index is 14.0. The molecule has 0 heterocycles. The number of carbonyl (C=O) groups is 2. The first-order valence-corrected chi connectivity index (χ1v) is 14.3. The van der Waals surface area contributed by atoms with Crippen molar-refractivity contribution in [2.45, 2.75) is 63.7 Å². The van der Waals surface area contributed by atoms with Crippen LogP contribution in [0.3, 0.4) is 0 Å². The second kappa shape index (κ2) is 14.0. The number of hydrogen-bond acceptors (Lipinski definition) is 5. The lowest BCUT2D eigenvalue weighted by Gasteiger charge is -2.18. The van der Waals surface area contributed by atoms with E-state index in [2.05, 4.69) is 6.92 Å². The second-order valence-corrected chi connectivity index (χ2v) is 11.0. The number of benzene rings is 2. The maximum Gasteiger partial charge on any atom is 0.336 e. The van der Waals surface area contributed by atoms with Gasteiger partial charge in [0.25, 0.3) is 0 Å². The normalized spacial score (nSPS) is 13.1. The van der Waals surface area contributed by atoms with Crippen LogP contribution in [-0.2, 0) is 24.2 Å². The molecule has 0 aliphatic carbocycles. The summed E-state index contributed by atoms with van der Waals surface area (Å²) in [7, 11) is -3.51. The SMILES string of the molecule is CCCCCC[C@@H](CCC)C(=O)OC/C(=C(\C(=O)O)c1ccc(F)c(F)c1)c1ccc(S(C)(=O)=O)cc1. The first kappa shape index (κ1) is 30.2. The predicted molar refractivity (Wildman–Crippen MR) is 138 cm³/mol. The summed E-state index contributed by atoms with van der Waals surface area (Å²) in [5, 5.41) is 10.0. The third kappa shape index (κ3) is 8.77. The lowest BCUT2D eigenvalue weighted by molar-refractivity contribution is -0.147. The summed E-state index contributed by atoms with van der Waals surface area (Å²) in [5.41, 5.74) is -0.187. The zero-order valence-corrected chi connectivity index (χ0v) is 22.2. The molecule has 37 heavy (non-hydrogen) atoms. The number of halogens is 2. The molecule has 0 unspecified atom stereocenters. The molecule has 0 aliphatic heterocycles. The third-order valence-electron chi connectivity index (χ3n) is 6.09. The van der Waals surface area contributed by atoms with Gasteiger partial charge in [0.2, 0.25) is 0 Å². The summed E-state index contributed by atoms with van der Waals surface area (Å²) in [6, 6.07) is 8.13. The van der Waals surface area contributed by atoms with Gasteiger partial charge in [-0.05, 0) is 48.2 Å². The molecule has 0 bridgehead atoms. The molecule has 6 nitrogen and oxygen atoms in total. The summed E-state index contributed by atoms with van der Waals surface area (Å²) < 4.78 is 56.9. The van der Waals surface area contributed by atoms with Crippen molar-refractivity contribution in [3.05, 3.63) is 65.2 Å². The number of esters is 1. The number of ether oxygens (including phenoxy) is 1. The molecule has 0 spiro atoms. The summed E-state index contributed by atoms with van der Waals surface area (Å²) in [6.07, 6.45) is 7.11. The van der Waals surface area contributed by atoms with Crippen molar-refractivity contribution >= 4 is 32.9 Å². The number of hydrogen-bond donors (Lipinski definition) is 1. The van der Waals surface area contributed by atoms with Gasteiger partial charge in [-0.25, -0.2) is 22.0 Å². The fourth-order valence-corrected chi connectivity index (χ4v) is 4.72. The van der Waals surface area contributed by atoms with E-state index < -0.39 is 40.0 Å². The highest BCUT2D eigenvalue weighted by atomic mass is 32.2. The number of aliphatic carboxylic acids is 1. The van der Waals surface area contributed by atoms with Gasteiger partial charge in [0.05, 0.1) is 16.4 Å². The summed E-state index contributed by atoms with van der Waals surface area (Å²) in [4.78, 5) is 25.3. The fraction of sp³-hybridized carbons (Fsp3) is 0.429. The van der Waals surface area contributed by atoms with Gasteiger partial charge in [-0.15, -0.1) is 0 Å². The van der Waals surface area contributed by atoms with Crippen LogP contribution in [0.1, 0.15) is 69.9 Å². The van der Waals surface area contributed by atoms with Gasteiger partial charge < -0.3 is 9.84 Å². The number of unbranched alkanes of at least 4 members (excludes halogenated alkanes) is 3. The Morgan fingerprint density at radius 1 is 0.892 bits per heavy atom.